The number of rotatable bonds is 6. The maximum absolute atomic E-state index is 12.2. The van der Waals surface area contributed by atoms with E-state index in [2.05, 4.69) is 0 Å². The van der Waals surface area contributed by atoms with E-state index in [0.717, 1.165) is 24.3 Å². The molecule has 0 radical (unpaired) electrons. The fourth-order valence-corrected chi connectivity index (χ4v) is 2.63. The number of nitrogens with zero attached hydrogens (tertiary/aromatic N) is 1. The quantitative estimate of drug-likeness (QED) is 0.823. The highest BCUT2D eigenvalue weighted by Crippen LogP contribution is 2.16. The smallest absolute Gasteiger partial charge is 0.260 e. The molecule has 1 aliphatic rings. The molecule has 4 heteroatoms. The Morgan fingerprint density at radius 1 is 1.04 bits per heavy atom. The van der Waals surface area contributed by atoms with Gasteiger partial charge in [-0.15, -0.1) is 0 Å². The third-order valence-electron chi connectivity index (χ3n) is 3.93. The summed E-state index contributed by atoms with van der Waals surface area (Å²) >= 11 is 0. The zero-order chi connectivity index (χ0) is 15.9. The van der Waals surface area contributed by atoms with Crippen LogP contribution < -0.4 is 4.74 Å². The highest BCUT2D eigenvalue weighted by Gasteiger charge is 2.26. The van der Waals surface area contributed by atoms with Gasteiger partial charge in [-0.25, -0.2) is 0 Å². The highest BCUT2D eigenvalue weighted by molar-refractivity contribution is 5.78. The number of carbonyl (C=O) groups is 1. The van der Waals surface area contributed by atoms with Crippen molar-refractivity contribution in [2.75, 3.05) is 19.7 Å². The van der Waals surface area contributed by atoms with E-state index in [1.54, 1.807) is 0 Å². The third kappa shape index (κ3) is 4.57. The molecule has 0 aromatic heterocycles. The number of hydrogen-bond donors (Lipinski definition) is 0. The topological polar surface area (TPSA) is 38.8 Å². The molecule has 1 amide bonds. The maximum Gasteiger partial charge on any atom is 0.260 e. The Morgan fingerprint density at radius 3 is 2.48 bits per heavy atom. The zero-order valence-electron chi connectivity index (χ0n) is 13.1. The van der Waals surface area contributed by atoms with Crippen LogP contribution in [0, 0.1) is 0 Å². The molecule has 120 valence electrons. The highest BCUT2D eigenvalue weighted by atomic mass is 16.5. The van der Waals surface area contributed by atoms with Gasteiger partial charge < -0.3 is 14.4 Å². The van der Waals surface area contributed by atoms with Crippen molar-refractivity contribution in [2.24, 2.45) is 0 Å². The largest absolute Gasteiger partial charge is 0.484 e. The summed E-state index contributed by atoms with van der Waals surface area (Å²) in [4.78, 5) is 14.0. The standard InChI is InChI=1S/C19H21NO3/c21-19(15-23-17-9-5-2-6-10-17)20-12-11-18(13-20)22-14-16-7-3-1-4-8-16/h1-10,18H,11-15H2. The van der Waals surface area contributed by atoms with E-state index >= 15 is 0 Å². The molecular formula is C19H21NO3. The number of amides is 1. The summed E-state index contributed by atoms with van der Waals surface area (Å²) in [7, 11) is 0. The Balaban J connectivity index is 1.41. The number of likely N-dealkylation sites (tertiary alicyclic amines) is 1. The molecule has 0 saturated carbocycles. The van der Waals surface area contributed by atoms with Crippen LogP contribution in [0.4, 0.5) is 0 Å². The van der Waals surface area contributed by atoms with Gasteiger partial charge in [0, 0.05) is 13.1 Å². The molecular weight excluding hydrogens is 290 g/mol. The zero-order valence-corrected chi connectivity index (χ0v) is 13.1. The van der Waals surface area contributed by atoms with Crippen LogP contribution >= 0.6 is 0 Å². The Kier molecular flexibility index (Phi) is 5.27. The van der Waals surface area contributed by atoms with Crippen LogP contribution in [0.15, 0.2) is 60.7 Å². The molecule has 1 atom stereocenters. The van der Waals surface area contributed by atoms with Crippen LogP contribution in [-0.4, -0.2) is 36.6 Å². The predicted molar refractivity (Wildman–Crippen MR) is 88.2 cm³/mol. The van der Waals surface area contributed by atoms with Crippen LogP contribution in [0.25, 0.3) is 0 Å². The summed E-state index contributed by atoms with van der Waals surface area (Å²) in [5, 5.41) is 0. The second kappa shape index (κ2) is 7.79. The molecule has 1 heterocycles. The molecule has 0 aliphatic carbocycles. The fourth-order valence-electron chi connectivity index (χ4n) is 2.63. The Morgan fingerprint density at radius 2 is 1.74 bits per heavy atom. The van der Waals surface area contributed by atoms with E-state index in [9.17, 15) is 4.79 Å². The lowest BCUT2D eigenvalue weighted by molar-refractivity contribution is -0.132. The van der Waals surface area contributed by atoms with Gasteiger partial charge in [0.2, 0.25) is 0 Å². The third-order valence-corrected chi connectivity index (χ3v) is 3.93. The first kappa shape index (κ1) is 15.6. The van der Waals surface area contributed by atoms with Crippen molar-refractivity contribution in [1.82, 2.24) is 4.90 Å². The van der Waals surface area contributed by atoms with Gasteiger partial charge in [-0.2, -0.15) is 0 Å². The van der Waals surface area contributed by atoms with Gasteiger partial charge in [0.05, 0.1) is 12.7 Å². The second-order valence-electron chi connectivity index (χ2n) is 5.65. The first-order chi connectivity index (χ1) is 11.3. The Bertz CT molecular complexity index is 615. The van der Waals surface area contributed by atoms with Crippen LogP contribution in [-0.2, 0) is 16.1 Å². The van der Waals surface area contributed by atoms with Crippen molar-refractivity contribution in [2.45, 2.75) is 19.1 Å². The first-order valence-corrected chi connectivity index (χ1v) is 7.92. The Hall–Kier alpha value is -2.33. The summed E-state index contributed by atoms with van der Waals surface area (Å²) in [5.41, 5.74) is 1.16. The maximum atomic E-state index is 12.2. The van der Waals surface area contributed by atoms with E-state index < -0.39 is 0 Å². The molecule has 1 saturated heterocycles. The van der Waals surface area contributed by atoms with Crippen LogP contribution in [0.3, 0.4) is 0 Å². The van der Waals surface area contributed by atoms with Crippen molar-refractivity contribution in [3.05, 3.63) is 66.2 Å². The monoisotopic (exact) mass is 311 g/mol. The molecule has 1 fully saturated rings. The molecule has 23 heavy (non-hydrogen) atoms. The molecule has 2 aromatic rings. The van der Waals surface area contributed by atoms with E-state index in [1.165, 1.54) is 0 Å². The lowest BCUT2D eigenvalue weighted by atomic mass is 10.2. The summed E-state index contributed by atoms with van der Waals surface area (Å²) in [6, 6.07) is 19.5. The van der Waals surface area contributed by atoms with Gasteiger partial charge in [-0.1, -0.05) is 48.5 Å². The predicted octanol–water partition coefficient (Wildman–Crippen LogP) is 2.88. The van der Waals surface area contributed by atoms with Gasteiger partial charge >= 0.3 is 0 Å². The van der Waals surface area contributed by atoms with Gasteiger partial charge in [-0.05, 0) is 24.1 Å². The molecule has 1 aliphatic heterocycles. The minimum absolute atomic E-state index is 0.0136. The number of benzene rings is 2. The molecule has 0 spiro atoms. The van der Waals surface area contributed by atoms with Crippen molar-refractivity contribution >= 4 is 5.91 Å². The van der Waals surface area contributed by atoms with Crippen LogP contribution in [0.1, 0.15) is 12.0 Å². The van der Waals surface area contributed by atoms with E-state index in [4.69, 9.17) is 9.47 Å². The summed E-state index contributed by atoms with van der Waals surface area (Å²) in [6.07, 6.45) is 0.986. The van der Waals surface area contributed by atoms with Gasteiger partial charge in [0.25, 0.3) is 5.91 Å². The number of para-hydroxylation sites is 1. The fraction of sp³-hybridized carbons (Fsp3) is 0.316. The van der Waals surface area contributed by atoms with Crippen LogP contribution in [0.2, 0.25) is 0 Å². The number of carbonyl (C=O) groups excluding carboxylic acids is 1. The van der Waals surface area contributed by atoms with Crippen molar-refractivity contribution < 1.29 is 14.3 Å². The SMILES string of the molecule is O=C(COc1ccccc1)N1CCC(OCc2ccccc2)C1. The van der Waals surface area contributed by atoms with Gasteiger partial charge in [0.1, 0.15) is 5.75 Å². The van der Waals surface area contributed by atoms with E-state index in [-0.39, 0.29) is 18.6 Å². The summed E-state index contributed by atoms with van der Waals surface area (Å²) in [5.74, 6) is 0.733. The minimum Gasteiger partial charge on any atom is -0.484 e. The van der Waals surface area contributed by atoms with Crippen molar-refractivity contribution in [3.8, 4) is 5.75 Å². The molecule has 3 rings (SSSR count). The normalized spacial score (nSPS) is 17.2. The molecule has 0 N–H and O–H groups in total. The van der Waals surface area contributed by atoms with Gasteiger partial charge in [-0.3, -0.25) is 4.79 Å². The van der Waals surface area contributed by atoms with E-state index in [1.807, 2.05) is 65.6 Å². The lowest BCUT2D eigenvalue weighted by Crippen LogP contribution is -2.34. The first-order valence-electron chi connectivity index (χ1n) is 7.92. The van der Waals surface area contributed by atoms with Crippen LogP contribution in [0.5, 0.6) is 5.75 Å². The van der Waals surface area contributed by atoms with E-state index in [0.29, 0.717) is 13.2 Å². The molecule has 4 nitrogen and oxygen atoms in total. The average molecular weight is 311 g/mol. The van der Waals surface area contributed by atoms with Crippen molar-refractivity contribution in [1.29, 1.82) is 0 Å². The lowest BCUT2D eigenvalue weighted by Gasteiger charge is -2.17. The average Bonchev–Trinajstić information content (AvgIpc) is 3.09. The number of ether oxygens (including phenoxy) is 2. The minimum atomic E-state index is 0.0136. The van der Waals surface area contributed by atoms with Crippen molar-refractivity contribution in [3.63, 3.8) is 0 Å². The molecule has 2 aromatic carbocycles. The van der Waals surface area contributed by atoms with Gasteiger partial charge in [0.15, 0.2) is 6.61 Å². The molecule has 0 bridgehead atoms. The Labute approximate surface area is 136 Å². The second-order valence-corrected chi connectivity index (χ2v) is 5.65. The summed E-state index contributed by atoms with van der Waals surface area (Å²) < 4.78 is 11.4. The molecule has 1 unspecified atom stereocenters. The summed E-state index contributed by atoms with van der Waals surface area (Å²) in [6.45, 7) is 2.05. The number of hydrogen-bond acceptors (Lipinski definition) is 3.